The summed E-state index contributed by atoms with van der Waals surface area (Å²) in [5, 5.41) is 9.21. The molecule has 0 aliphatic rings. The van der Waals surface area contributed by atoms with E-state index in [2.05, 4.69) is 67.5 Å². The Balaban J connectivity index is 3.19. The normalized spacial score (nSPS) is 14.4. The number of ether oxygens (including phenoxy) is 1. The maximum absolute atomic E-state index is 9.21. The Morgan fingerprint density at radius 3 is 2.08 bits per heavy atom. The zero-order valence-corrected chi connectivity index (χ0v) is 19.9. The van der Waals surface area contributed by atoms with E-state index in [0.717, 1.165) is 22.8 Å². The highest BCUT2D eigenvalue weighted by Crippen LogP contribution is 2.44. The van der Waals surface area contributed by atoms with E-state index in [4.69, 9.17) is 9.16 Å². The number of thiophene rings is 1. The standard InChI is InChI=1S/C21H38O3SSi/c1-14(2)26(15(3)4,16(5)6)24-18(8)12-21-19(23-9)13-20(25-21)17(7)10-11-22/h12-17,22H,10-11H2,1-9H3/b18-12-/t17-/m1/s1. The van der Waals surface area contributed by atoms with Crippen LogP contribution in [0.2, 0.25) is 16.6 Å². The summed E-state index contributed by atoms with van der Waals surface area (Å²) >= 11 is 1.73. The largest absolute Gasteiger partial charge is 0.546 e. The van der Waals surface area contributed by atoms with Crippen LogP contribution in [0.4, 0.5) is 0 Å². The second-order valence-electron chi connectivity index (χ2n) is 8.17. The smallest absolute Gasteiger partial charge is 0.258 e. The van der Waals surface area contributed by atoms with E-state index in [9.17, 15) is 5.11 Å². The average Bonchev–Trinajstić information content (AvgIpc) is 2.94. The fourth-order valence-electron chi connectivity index (χ4n) is 4.09. The fraction of sp³-hybridized carbons (Fsp3) is 0.714. The summed E-state index contributed by atoms with van der Waals surface area (Å²) in [6.45, 7) is 18.3. The Morgan fingerprint density at radius 1 is 1.12 bits per heavy atom. The molecule has 0 aliphatic heterocycles. The van der Waals surface area contributed by atoms with E-state index in [-0.39, 0.29) is 6.61 Å². The maximum atomic E-state index is 9.21. The minimum absolute atomic E-state index is 0.208. The van der Waals surface area contributed by atoms with E-state index in [1.807, 2.05) is 0 Å². The number of aliphatic hydroxyl groups is 1. The summed E-state index contributed by atoms with van der Waals surface area (Å²) in [6.07, 6.45) is 2.90. The number of aliphatic hydroxyl groups excluding tert-OH is 1. The van der Waals surface area contributed by atoms with Gasteiger partial charge in [0.1, 0.15) is 5.75 Å². The lowest BCUT2D eigenvalue weighted by molar-refractivity contribution is 0.279. The lowest BCUT2D eigenvalue weighted by atomic mass is 10.1. The monoisotopic (exact) mass is 398 g/mol. The Labute approximate surface area is 165 Å². The Hall–Kier alpha value is -0.783. The molecule has 0 saturated heterocycles. The summed E-state index contributed by atoms with van der Waals surface area (Å²) in [4.78, 5) is 2.35. The van der Waals surface area contributed by atoms with Gasteiger partial charge in [-0.15, -0.1) is 11.3 Å². The molecule has 150 valence electrons. The van der Waals surface area contributed by atoms with Crippen molar-refractivity contribution in [2.24, 2.45) is 0 Å². The molecule has 0 fully saturated rings. The molecule has 1 aromatic rings. The SMILES string of the molecule is COc1cc([C@H](C)CCO)sc1/C=C(/C)O[Si](C(C)C)(C(C)C)C(C)C. The van der Waals surface area contributed by atoms with Crippen LogP contribution in [-0.4, -0.2) is 27.1 Å². The van der Waals surface area contributed by atoms with Crippen LogP contribution < -0.4 is 4.74 Å². The summed E-state index contributed by atoms with van der Waals surface area (Å²) < 4.78 is 12.3. The summed E-state index contributed by atoms with van der Waals surface area (Å²) in [7, 11) is -0.224. The molecule has 26 heavy (non-hydrogen) atoms. The van der Waals surface area contributed by atoms with Crippen LogP contribution in [0.15, 0.2) is 11.8 Å². The molecular formula is C21H38O3SSi. The van der Waals surface area contributed by atoms with Crippen LogP contribution in [0.1, 0.15) is 77.5 Å². The minimum atomic E-state index is -1.94. The highest BCUT2D eigenvalue weighted by Gasteiger charge is 2.46. The molecule has 0 bridgehead atoms. The van der Waals surface area contributed by atoms with E-state index in [0.29, 0.717) is 22.5 Å². The highest BCUT2D eigenvalue weighted by atomic mass is 32.1. The Morgan fingerprint density at radius 2 is 1.65 bits per heavy atom. The van der Waals surface area contributed by atoms with E-state index in [1.54, 1.807) is 18.4 Å². The van der Waals surface area contributed by atoms with Crippen molar-refractivity contribution in [3.05, 3.63) is 21.6 Å². The van der Waals surface area contributed by atoms with Gasteiger partial charge in [0.05, 0.1) is 17.7 Å². The lowest BCUT2D eigenvalue weighted by Gasteiger charge is -2.42. The van der Waals surface area contributed by atoms with Gasteiger partial charge in [-0.1, -0.05) is 48.5 Å². The van der Waals surface area contributed by atoms with Crippen molar-refractivity contribution >= 4 is 25.7 Å². The lowest BCUT2D eigenvalue weighted by Crippen LogP contribution is -2.47. The van der Waals surface area contributed by atoms with Crippen LogP contribution in [0.3, 0.4) is 0 Å². The number of rotatable bonds is 10. The molecular weight excluding hydrogens is 360 g/mol. The molecule has 0 spiro atoms. The van der Waals surface area contributed by atoms with Crippen LogP contribution in [0.5, 0.6) is 5.75 Å². The molecule has 1 rings (SSSR count). The van der Waals surface area contributed by atoms with Gasteiger partial charge < -0.3 is 14.3 Å². The van der Waals surface area contributed by atoms with Gasteiger partial charge >= 0.3 is 0 Å². The van der Waals surface area contributed by atoms with Crippen LogP contribution in [-0.2, 0) is 4.43 Å². The third-order valence-corrected chi connectivity index (χ3v) is 12.8. The van der Waals surface area contributed by atoms with Gasteiger partial charge in [-0.3, -0.25) is 0 Å². The zero-order valence-electron chi connectivity index (χ0n) is 18.1. The first-order chi connectivity index (χ1) is 12.1. The number of hydrogen-bond acceptors (Lipinski definition) is 4. The van der Waals surface area contributed by atoms with Gasteiger partial charge in [-0.25, -0.2) is 0 Å². The number of allylic oxidation sites excluding steroid dienone is 1. The molecule has 5 heteroatoms. The van der Waals surface area contributed by atoms with E-state index >= 15 is 0 Å². The van der Waals surface area contributed by atoms with Crippen LogP contribution in [0.25, 0.3) is 6.08 Å². The predicted molar refractivity (Wildman–Crippen MR) is 117 cm³/mol. The fourth-order valence-corrected chi connectivity index (χ4v) is 10.6. The molecule has 0 amide bonds. The first kappa shape index (κ1) is 23.3. The molecule has 3 nitrogen and oxygen atoms in total. The summed E-state index contributed by atoms with van der Waals surface area (Å²) in [5.41, 5.74) is 1.66. The van der Waals surface area contributed by atoms with Crippen molar-refractivity contribution in [1.82, 2.24) is 0 Å². The zero-order chi connectivity index (χ0) is 20.1. The number of methoxy groups -OCH3 is 1. The summed E-state index contributed by atoms with van der Waals surface area (Å²) in [5.74, 6) is 2.20. The molecule has 0 unspecified atom stereocenters. The van der Waals surface area contributed by atoms with E-state index in [1.165, 1.54) is 4.88 Å². The predicted octanol–water partition coefficient (Wildman–Crippen LogP) is 6.80. The van der Waals surface area contributed by atoms with Crippen LogP contribution in [0, 0.1) is 0 Å². The van der Waals surface area contributed by atoms with Gasteiger partial charge in [-0.2, -0.15) is 0 Å². The third-order valence-electron chi connectivity index (χ3n) is 5.39. The topological polar surface area (TPSA) is 38.7 Å². The van der Waals surface area contributed by atoms with Crippen LogP contribution >= 0.6 is 11.3 Å². The molecule has 0 radical (unpaired) electrons. The molecule has 0 aromatic carbocycles. The van der Waals surface area contributed by atoms with Gasteiger partial charge in [0, 0.05) is 11.5 Å². The quantitative estimate of drug-likeness (QED) is 0.348. The van der Waals surface area contributed by atoms with Gasteiger partial charge in [0.2, 0.25) is 0 Å². The third kappa shape index (κ3) is 5.14. The van der Waals surface area contributed by atoms with Crippen molar-refractivity contribution < 1.29 is 14.3 Å². The average molecular weight is 399 g/mol. The Kier molecular flexibility index (Phi) is 8.90. The second kappa shape index (κ2) is 9.95. The van der Waals surface area contributed by atoms with Crippen molar-refractivity contribution in [2.75, 3.05) is 13.7 Å². The highest BCUT2D eigenvalue weighted by molar-refractivity contribution is 7.13. The van der Waals surface area contributed by atoms with Crippen molar-refractivity contribution in [2.45, 2.75) is 84.4 Å². The molecule has 1 heterocycles. The van der Waals surface area contributed by atoms with Gasteiger partial charge in [-0.05, 0) is 48.0 Å². The van der Waals surface area contributed by atoms with Gasteiger partial charge in [0.15, 0.2) is 0 Å². The van der Waals surface area contributed by atoms with Crippen molar-refractivity contribution in [3.63, 3.8) is 0 Å². The number of hydrogen-bond donors (Lipinski definition) is 1. The molecule has 1 atom stereocenters. The Bertz CT molecular complexity index is 568. The first-order valence-corrected chi connectivity index (χ1v) is 12.7. The molecule has 1 N–H and O–H groups in total. The summed E-state index contributed by atoms with van der Waals surface area (Å²) in [6, 6.07) is 2.10. The minimum Gasteiger partial charge on any atom is -0.546 e. The first-order valence-electron chi connectivity index (χ1n) is 9.75. The molecule has 0 aliphatic carbocycles. The van der Waals surface area contributed by atoms with Gasteiger partial charge in [0.25, 0.3) is 8.32 Å². The molecule has 0 saturated carbocycles. The molecule has 1 aromatic heterocycles. The van der Waals surface area contributed by atoms with Crippen molar-refractivity contribution in [1.29, 1.82) is 0 Å². The van der Waals surface area contributed by atoms with Crippen molar-refractivity contribution in [3.8, 4) is 5.75 Å². The van der Waals surface area contributed by atoms with E-state index < -0.39 is 8.32 Å². The second-order valence-corrected chi connectivity index (χ2v) is 14.7. The maximum Gasteiger partial charge on any atom is 0.258 e.